The lowest BCUT2D eigenvalue weighted by atomic mass is 9.97. The van der Waals surface area contributed by atoms with Crippen LogP contribution in [0.15, 0.2) is 11.6 Å². The average Bonchev–Trinajstić information content (AvgIpc) is 3.08. The Morgan fingerprint density at radius 1 is 0.234 bits per heavy atom. The van der Waals surface area contributed by atoms with Gasteiger partial charge in [-0.1, -0.05) is 264 Å². The van der Waals surface area contributed by atoms with Crippen LogP contribution in [0, 0.1) is 0 Å². The van der Waals surface area contributed by atoms with E-state index in [-0.39, 0.29) is 0 Å². The first kappa shape index (κ1) is 46.7. The van der Waals surface area contributed by atoms with Gasteiger partial charge in [0.2, 0.25) is 0 Å². The van der Waals surface area contributed by atoms with E-state index in [1.165, 1.54) is 270 Å². The fourth-order valence-corrected chi connectivity index (χ4v) is 7.54. The number of hydrogen-bond acceptors (Lipinski definition) is 0. The van der Waals surface area contributed by atoms with Crippen molar-refractivity contribution >= 4 is 0 Å². The molecule has 0 aliphatic carbocycles. The van der Waals surface area contributed by atoms with Gasteiger partial charge in [-0.3, -0.25) is 0 Å². The molecule has 0 saturated heterocycles. The second kappa shape index (κ2) is 43.8. The SMILES string of the molecule is CCCCCCCCCCC/C=C(\CCCCCCCCCCCC)CCCCCCCCCCCCCCCCCCCCCC. The lowest BCUT2D eigenvalue weighted by Crippen LogP contribution is -1.89. The highest BCUT2D eigenvalue weighted by molar-refractivity contribution is 5.02. The summed E-state index contributed by atoms with van der Waals surface area (Å²) in [5.41, 5.74) is 1.83. The van der Waals surface area contributed by atoms with Crippen LogP contribution in [0.3, 0.4) is 0 Å². The molecule has 0 spiro atoms. The predicted octanol–water partition coefficient (Wildman–Crippen LogP) is 18.4. The van der Waals surface area contributed by atoms with Crippen LogP contribution in [0.5, 0.6) is 0 Å². The molecule has 0 aromatic rings. The van der Waals surface area contributed by atoms with Crippen molar-refractivity contribution in [2.24, 2.45) is 0 Å². The van der Waals surface area contributed by atoms with Crippen LogP contribution in [0.1, 0.15) is 290 Å². The first-order valence-electron chi connectivity index (χ1n) is 23.0. The molecule has 0 amide bonds. The van der Waals surface area contributed by atoms with E-state index in [1.807, 2.05) is 5.57 Å². The fourth-order valence-electron chi connectivity index (χ4n) is 7.54. The van der Waals surface area contributed by atoms with E-state index >= 15 is 0 Å². The number of rotatable bonds is 42. The van der Waals surface area contributed by atoms with E-state index in [4.69, 9.17) is 0 Å². The summed E-state index contributed by atoms with van der Waals surface area (Å²) in [6.07, 6.45) is 63.9. The molecule has 0 atom stereocenters. The van der Waals surface area contributed by atoms with Crippen LogP contribution in [-0.4, -0.2) is 0 Å². The van der Waals surface area contributed by atoms with Crippen molar-refractivity contribution in [1.82, 2.24) is 0 Å². The van der Waals surface area contributed by atoms with Gasteiger partial charge in [-0.2, -0.15) is 0 Å². The van der Waals surface area contributed by atoms with Crippen LogP contribution >= 0.6 is 0 Å². The second-order valence-electron chi connectivity index (χ2n) is 15.9. The predicted molar refractivity (Wildman–Crippen MR) is 219 cm³/mol. The van der Waals surface area contributed by atoms with Crippen LogP contribution in [0.25, 0.3) is 0 Å². The normalized spacial score (nSPS) is 12.0. The summed E-state index contributed by atoms with van der Waals surface area (Å²) in [5, 5.41) is 0. The van der Waals surface area contributed by atoms with Crippen molar-refractivity contribution in [2.45, 2.75) is 290 Å². The maximum absolute atomic E-state index is 2.70. The number of unbranched alkanes of at least 4 members (excludes halogenated alkanes) is 37. The van der Waals surface area contributed by atoms with Gasteiger partial charge in [0, 0.05) is 0 Å². The molecule has 0 aromatic heterocycles. The molecule has 0 heterocycles. The first-order chi connectivity index (χ1) is 23.3. The molecule has 0 radical (unpaired) electrons. The maximum Gasteiger partial charge on any atom is -0.0320 e. The molecular formula is C47H94. The Kier molecular flexibility index (Phi) is 43.5. The summed E-state index contributed by atoms with van der Waals surface area (Å²) in [7, 11) is 0. The van der Waals surface area contributed by atoms with Gasteiger partial charge in [-0.15, -0.1) is 0 Å². The van der Waals surface area contributed by atoms with Gasteiger partial charge in [0.25, 0.3) is 0 Å². The van der Waals surface area contributed by atoms with E-state index < -0.39 is 0 Å². The van der Waals surface area contributed by atoms with Crippen molar-refractivity contribution in [3.63, 3.8) is 0 Å². The van der Waals surface area contributed by atoms with Crippen molar-refractivity contribution in [1.29, 1.82) is 0 Å². The van der Waals surface area contributed by atoms with Crippen LogP contribution < -0.4 is 0 Å². The van der Waals surface area contributed by atoms with Gasteiger partial charge in [0.15, 0.2) is 0 Å². The summed E-state index contributed by atoms with van der Waals surface area (Å²) in [5.74, 6) is 0. The highest BCUT2D eigenvalue weighted by Crippen LogP contribution is 2.21. The van der Waals surface area contributed by atoms with Gasteiger partial charge in [-0.05, 0) is 38.5 Å². The Bertz CT molecular complexity index is 558. The van der Waals surface area contributed by atoms with Crippen molar-refractivity contribution < 1.29 is 0 Å². The molecule has 0 aliphatic heterocycles. The first-order valence-corrected chi connectivity index (χ1v) is 23.0. The summed E-state index contributed by atoms with van der Waals surface area (Å²) in [6, 6.07) is 0. The molecule has 0 rings (SSSR count). The average molecular weight is 659 g/mol. The highest BCUT2D eigenvalue weighted by atomic mass is 14.1. The minimum absolute atomic E-state index is 1.35. The largest absolute Gasteiger partial charge is 0.0853 e. The molecule has 0 aromatic carbocycles. The minimum atomic E-state index is 1.35. The molecule has 0 unspecified atom stereocenters. The molecule has 0 aliphatic rings. The molecule has 0 saturated carbocycles. The zero-order valence-electron chi connectivity index (χ0n) is 33.8. The third-order valence-electron chi connectivity index (χ3n) is 10.9. The van der Waals surface area contributed by atoms with Crippen molar-refractivity contribution in [3.05, 3.63) is 11.6 Å². The molecule has 0 bridgehead atoms. The third-order valence-corrected chi connectivity index (χ3v) is 10.9. The zero-order valence-corrected chi connectivity index (χ0v) is 33.8. The zero-order chi connectivity index (χ0) is 34.0. The molecular weight excluding hydrogens is 565 g/mol. The Balaban J connectivity index is 3.84. The fraction of sp³-hybridized carbons (Fsp3) is 0.957. The maximum atomic E-state index is 2.70. The van der Waals surface area contributed by atoms with E-state index in [0.29, 0.717) is 0 Å². The molecule has 0 N–H and O–H groups in total. The molecule has 0 heteroatoms. The van der Waals surface area contributed by atoms with Gasteiger partial charge in [0.1, 0.15) is 0 Å². The Morgan fingerprint density at radius 2 is 0.426 bits per heavy atom. The summed E-state index contributed by atoms with van der Waals surface area (Å²) in [6.45, 7) is 6.95. The third kappa shape index (κ3) is 41.8. The van der Waals surface area contributed by atoms with Crippen LogP contribution in [0.4, 0.5) is 0 Å². The molecule has 282 valence electrons. The molecule has 0 fully saturated rings. The number of hydrogen-bond donors (Lipinski definition) is 0. The van der Waals surface area contributed by atoms with E-state index in [9.17, 15) is 0 Å². The van der Waals surface area contributed by atoms with Gasteiger partial charge in [0.05, 0.1) is 0 Å². The van der Waals surface area contributed by atoms with Gasteiger partial charge >= 0.3 is 0 Å². The van der Waals surface area contributed by atoms with Crippen LogP contribution in [0.2, 0.25) is 0 Å². The second-order valence-corrected chi connectivity index (χ2v) is 15.9. The monoisotopic (exact) mass is 659 g/mol. The Labute approximate surface area is 301 Å². The topological polar surface area (TPSA) is 0 Å². The summed E-state index contributed by atoms with van der Waals surface area (Å²) >= 11 is 0. The number of allylic oxidation sites excluding steroid dienone is 2. The lowest BCUT2D eigenvalue weighted by molar-refractivity contribution is 0.521. The van der Waals surface area contributed by atoms with Crippen LogP contribution in [-0.2, 0) is 0 Å². The van der Waals surface area contributed by atoms with E-state index in [1.54, 1.807) is 0 Å². The van der Waals surface area contributed by atoms with Gasteiger partial charge in [-0.25, -0.2) is 0 Å². The molecule has 0 nitrogen and oxygen atoms in total. The standard InChI is InChI=1S/C47H94/c1-4-7-10-13-16-19-22-23-24-25-26-27-28-29-30-31-34-37-40-43-46-47(44-41-38-35-32-20-17-14-11-8-5-2)45-42-39-36-33-21-18-15-12-9-6-3/h44H,4-43,45-46H2,1-3H3/b47-44+. The smallest absolute Gasteiger partial charge is 0.0320 e. The molecule has 47 heavy (non-hydrogen) atoms. The van der Waals surface area contributed by atoms with E-state index in [2.05, 4.69) is 26.8 Å². The Hall–Kier alpha value is -0.260. The van der Waals surface area contributed by atoms with Crippen molar-refractivity contribution in [2.75, 3.05) is 0 Å². The Morgan fingerprint density at radius 3 is 0.660 bits per heavy atom. The van der Waals surface area contributed by atoms with Crippen molar-refractivity contribution in [3.8, 4) is 0 Å². The van der Waals surface area contributed by atoms with Gasteiger partial charge < -0.3 is 0 Å². The minimum Gasteiger partial charge on any atom is -0.0853 e. The lowest BCUT2D eigenvalue weighted by Gasteiger charge is -2.09. The summed E-state index contributed by atoms with van der Waals surface area (Å²) in [4.78, 5) is 0. The summed E-state index contributed by atoms with van der Waals surface area (Å²) < 4.78 is 0. The highest BCUT2D eigenvalue weighted by Gasteiger charge is 2.01. The quantitative estimate of drug-likeness (QED) is 0.0452. The van der Waals surface area contributed by atoms with E-state index in [0.717, 1.165) is 0 Å².